The summed E-state index contributed by atoms with van der Waals surface area (Å²) in [6.45, 7) is 0.501. The van der Waals surface area contributed by atoms with Gasteiger partial charge in [0.1, 0.15) is 5.75 Å². The zero-order valence-electron chi connectivity index (χ0n) is 12.0. The van der Waals surface area contributed by atoms with Gasteiger partial charge in [-0.1, -0.05) is 24.3 Å². The van der Waals surface area contributed by atoms with Gasteiger partial charge in [0, 0.05) is 6.54 Å². The van der Waals surface area contributed by atoms with Crippen molar-refractivity contribution in [2.45, 2.75) is 6.54 Å². The molecule has 0 spiro atoms. The zero-order chi connectivity index (χ0) is 15.9. The number of benzene rings is 2. The molecule has 0 radical (unpaired) electrons. The van der Waals surface area contributed by atoms with Crippen molar-refractivity contribution in [3.8, 4) is 5.75 Å². The van der Waals surface area contributed by atoms with Crippen LogP contribution in [0.2, 0.25) is 0 Å². The number of ether oxygens (including phenoxy) is 1. The lowest BCUT2D eigenvalue weighted by Gasteiger charge is -2.13. The van der Waals surface area contributed by atoms with Crippen LogP contribution in [0.5, 0.6) is 5.75 Å². The number of rotatable bonds is 5. The maximum Gasteiger partial charge on any atom is 0.335 e. The lowest BCUT2D eigenvalue weighted by Crippen LogP contribution is -2.28. The Hall–Kier alpha value is -2.60. The van der Waals surface area contributed by atoms with E-state index in [0.717, 1.165) is 11.3 Å². The fourth-order valence-electron chi connectivity index (χ4n) is 1.86. The fraction of sp³-hybridized carbons (Fsp3) is 0.125. The molecule has 0 unspecified atom stereocenters. The molecule has 0 aliphatic heterocycles. The molecule has 114 valence electrons. The van der Waals surface area contributed by atoms with Crippen LogP contribution in [0.3, 0.4) is 0 Å². The van der Waals surface area contributed by atoms with E-state index in [1.807, 2.05) is 24.3 Å². The van der Waals surface area contributed by atoms with Gasteiger partial charge in [-0.3, -0.25) is 0 Å². The molecule has 0 heterocycles. The highest BCUT2D eigenvalue weighted by Gasteiger charge is 2.04. The van der Waals surface area contributed by atoms with Gasteiger partial charge < -0.3 is 20.5 Å². The predicted molar refractivity (Wildman–Crippen MR) is 89.5 cm³/mol. The molecule has 0 saturated carbocycles. The van der Waals surface area contributed by atoms with E-state index in [0.29, 0.717) is 17.4 Å². The zero-order valence-corrected chi connectivity index (χ0v) is 12.8. The SMILES string of the molecule is COc1ccccc1NC(=S)NCc1ccc(C(=O)O)cc1. The van der Waals surface area contributed by atoms with Crippen molar-refractivity contribution in [1.29, 1.82) is 0 Å². The fourth-order valence-corrected chi connectivity index (χ4v) is 2.04. The first-order chi connectivity index (χ1) is 10.6. The van der Waals surface area contributed by atoms with E-state index < -0.39 is 5.97 Å². The molecule has 2 aromatic rings. The Balaban J connectivity index is 1.91. The lowest BCUT2D eigenvalue weighted by atomic mass is 10.1. The summed E-state index contributed by atoms with van der Waals surface area (Å²) in [6.07, 6.45) is 0. The van der Waals surface area contributed by atoms with Gasteiger partial charge in [0.25, 0.3) is 0 Å². The number of aromatic carboxylic acids is 1. The van der Waals surface area contributed by atoms with Gasteiger partial charge in [-0.25, -0.2) is 4.79 Å². The topological polar surface area (TPSA) is 70.6 Å². The van der Waals surface area contributed by atoms with Gasteiger partial charge in [-0.05, 0) is 42.0 Å². The van der Waals surface area contributed by atoms with E-state index in [2.05, 4.69) is 10.6 Å². The molecular formula is C16H16N2O3S. The van der Waals surface area contributed by atoms with Crippen LogP contribution in [0, 0.1) is 0 Å². The minimum Gasteiger partial charge on any atom is -0.495 e. The summed E-state index contributed by atoms with van der Waals surface area (Å²) in [5.41, 5.74) is 1.98. The summed E-state index contributed by atoms with van der Waals surface area (Å²) >= 11 is 5.24. The molecule has 3 N–H and O–H groups in total. The Morgan fingerprint density at radius 2 is 1.86 bits per heavy atom. The largest absolute Gasteiger partial charge is 0.495 e. The highest BCUT2D eigenvalue weighted by Crippen LogP contribution is 2.22. The van der Waals surface area contributed by atoms with Gasteiger partial charge in [0.05, 0.1) is 18.4 Å². The molecule has 0 saturated heterocycles. The Labute approximate surface area is 133 Å². The summed E-state index contributed by atoms with van der Waals surface area (Å²) in [5, 5.41) is 15.4. The number of methoxy groups -OCH3 is 1. The van der Waals surface area contributed by atoms with E-state index >= 15 is 0 Å². The predicted octanol–water partition coefficient (Wildman–Crippen LogP) is 2.88. The molecule has 0 bridgehead atoms. The number of anilines is 1. The molecule has 0 aliphatic rings. The van der Waals surface area contributed by atoms with Gasteiger partial charge in [0.15, 0.2) is 5.11 Å². The number of thiocarbonyl (C=S) groups is 1. The van der Waals surface area contributed by atoms with Crippen LogP contribution in [-0.2, 0) is 6.54 Å². The van der Waals surface area contributed by atoms with Gasteiger partial charge >= 0.3 is 5.97 Å². The first-order valence-electron chi connectivity index (χ1n) is 6.60. The molecule has 2 aromatic carbocycles. The molecule has 2 rings (SSSR count). The van der Waals surface area contributed by atoms with Crippen LogP contribution >= 0.6 is 12.2 Å². The smallest absolute Gasteiger partial charge is 0.335 e. The molecule has 0 aromatic heterocycles. The summed E-state index contributed by atoms with van der Waals surface area (Å²) in [6, 6.07) is 14.1. The van der Waals surface area contributed by atoms with Crippen LogP contribution in [0.25, 0.3) is 0 Å². The first-order valence-corrected chi connectivity index (χ1v) is 7.01. The number of nitrogens with one attached hydrogen (secondary N) is 2. The third-order valence-corrected chi connectivity index (χ3v) is 3.26. The van der Waals surface area contributed by atoms with E-state index in [4.69, 9.17) is 22.1 Å². The van der Waals surface area contributed by atoms with Crippen molar-refractivity contribution < 1.29 is 14.6 Å². The number of hydrogen-bond acceptors (Lipinski definition) is 3. The number of carboxylic acids is 1. The minimum absolute atomic E-state index is 0.262. The van der Waals surface area contributed by atoms with Gasteiger partial charge in [-0.2, -0.15) is 0 Å². The molecular weight excluding hydrogens is 300 g/mol. The summed E-state index contributed by atoms with van der Waals surface area (Å²) in [7, 11) is 1.60. The summed E-state index contributed by atoms with van der Waals surface area (Å²) < 4.78 is 5.24. The number of hydrogen-bond donors (Lipinski definition) is 3. The lowest BCUT2D eigenvalue weighted by molar-refractivity contribution is 0.0697. The van der Waals surface area contributed by atoms with Crippen LogP contribution < -0.4 is 15.4 Å². The van der Waals surface area contributed by atoms with Crippen LogP contribution in [0.15, 0.2) is 48.5 Å². The highest BCUT2D eigenvalue weighted by molar-refractivity contribution is 7.80. The van der Waals surface area contributed by atoms with Crippen molar-refractivity contribution in [3.05, 3.63) is 59.7 Å². The molecule has 0 amide bonds. The average molecular weight is 316 g/mol. The Bertz CT molecular complexity index is 671. The number of carbonyl (C=O) groups is 1. The van der Waals surface area contributed by atoms with Crippen LogP contribution in [0.1, 0.15) is 15.9 Å². The second kappa shape index (κ2) is 7.42. The molecule has 22 heavy (non-hydrogen) atoms. The third kappa shape index (κ3) is 4.20. The van der Waals surface area contributed by atoms with E-state index in [9.17, 15) is 4.79 Å². The van der Waals surface area contributed by atoms with Crippen molar-refractivity contribution >= 4 is 29.0 Å². The Kier molecular flexibility index (Phi) is 5.32. The van der Waals surface area contributed by atoms with Crippen molar-refractivity contribution in [3.63, 3.8) is 0 Å². The summed E-state index contributed by atoms with van der Waals surface area (Å²) in [5.74, 6) is -0.231. The normalized spacial score (nSPS) is 9.86. The molecule has 5 nitrogen and oxygen atoms in total. The average Bonchev–Trinajstić information content (AvgIpc) is 2.54. The molecule has 0 atom stereocenters. The monoisotopic (exact) mass is 316 g/mol. The maximum atomic E-state index is 10.8. The van der Waals surface area contributed by atoms with Crippen molar-refractivity contribution in [1.82, 2.24) is 5.32 Å². The van der Waals surface area contributed by atoms with Gasteiger partial charge in [-0.15, -0.1) is 0 Å². The van der Waals surface area contributed by atoms with Crippen molar-refractivity contribution in [2.75, 3.05) is 12.4 Å². The maximum absolute atomic E-state index is 10.8. The van der Waals surface area contributed by atoms with Crippen LogP contribution in [0.4, 0.5) is 5.69 Å². The van der Waals surface area contributed by atoms with Crippen LogP contribution in [-0.4, -0.2) is 23.3 Å². The molecule has 0 fully saturated rings. The number of para-hydroxylation sites is 2. The van der Waals surface area contributed by atoms with Crippen molar-refractivity contribution in [2.24, 2.45) is 0 Å². The third-order valence-electron chi connectivity index (χ3n) is 3.01. The van der Waals surface area contributed by atoms with E-state index in [1.54, 1.807) is 31.4 Å². The molecule has 6 heteroatoms. The second-order valence-electron chi connectivity index (χ2n) is 4.51. The summed E-state index contributed by atoms with van der Waals surface area (Å²) in [4.78, 5) is 10.8. The van der Waals surface area contributed by atoms with E-state index in [-0.39, 0.29) is 5.56 Å². The minimum atomic E-state index is -0.937. The second-order valence-corrected chi connectivity index (χ2v) is 4.92. The molecule has 0 aliphatic carbocycles. The quantitative estimate of drug-likeness (QED) is 0.737. The first kappa shape index (κ1) is 15.8. The standard InChI is InChI=1S/C16H16N2O3S/c1-21-14-5-3-2-4-13(14)18-16(22)17-10-11-6-8-12(9-7-11)15(19)20/h2-9H,10H2,1H3,(H,19,20)(H2,17,18,22). The van der Waals surface area contributed by atoms with Gasteiger partial charge in [0.2, 0.25) is 0 Å². The Morgan fingerprint density at radius 1 is 1.18 bits per heavy atom. The highest BCUT2D eigenvalue weighted by atomic mass is 32.1. The number of carboxylic acid groups (broad SMARTS) is 1. The Morgan fingerprint density at radius 3 is 2.50 bits per heavy atom. The van der Waals surface area contributed by atoms with E-state index in [1.165, 1.54) is 0 Å².